The van der Waals surface area contributed by atoms with Crippen molar-refractivity contribution in [3.63, 3.8) is 0 Å². The minimum absolute atomic E-state index is 0.0235. The molecule has 0 aliphatic carbocycles. The molecular weight excluding hydrogens is 316 g/mol. The number of rotatable bonds is 5. The van der Waals surface area contributed by atoms with Gasteiger partial charge in [0.2, 0.25) is 10.0 Å². The van der Waals surface area contributed by atoms with Crippen LogP contribution in [-0.4, -0.2) is 44.6 Å². The number of hydrogen-bond acceptors (Lipinski definition) is 4. The van der Waals surface area contributed by atoms with Crippen molar-refractivity contribution in [1.82, 2.24) is 9.62 Å². The van der Waals surface area contributed by atoms with E-state index in [1.807, 2.05) is 31.2 Å². The van der Waals surface area contributed by atoms with Crippen molar-refractivity contribution in [2.75, 3.05) is 19.7 Å². The molecule has 1 amide bonds. The van der Waals surface area contributed by atoms with E-state index in [0.717, 1.165) is 11.1 Å². The second-order valence-corrected chi connectivity index (χ2v) is 7.69. The highest BCUT2D eigenvalue weighted by molar-refractivity contribution is 7.88. The van der Waals surface area contributed by atoms with Gasteiger partial charge in [0, 0.05) is 19.1 Å². The zero-order chi connectivity index (χ0) is 16.9. The normalized spacial score (nSPS) is 17.0. The predicted octanol–water partition coefficient (Wildman–Crippen LogP) is 2.04. The Kier molecular flexibility index (Phi) is 6.01. The zero-order valence-corrected chi connectivity index (χ0v) is 14.4. The van der Waals surface area contributed by atoms with Crippen LogP contribution in [0.2, 0.25) is 0 Å². The standard InChI is InChI=1S/C16H24N2O4S/c1-3-22-16(19)17-15-8-10-18(11-9-15)23(20,21)12-14-7-5-4-6-13(14)2/h4-7,15H,3,8-12H2,1-2H3,(H,17,19). The van der Waals surface area contributed by atoms with E-state index in [1.54, 1.807) is 6.92 Å². The van der Waals surface area contributed by atoms with Gasteiger partial charge in [0.1, 0.15) is 0 Å². The van der Waals surface area contributed by atoms with Crippen molar-refractivity contribution in [1.29, 1.82) is 0 Å². The maximum Gasteiger partial charge on any atom is 0.407 e. The van der Waals surface area contributed by atoms with Gasteiger partial charge >= 0.3 is 6.09 Å². The first-order valence-corrected chi connectivity index (χ1v) is 9.49. The smallest absolute Gasteiger partial charge is 0.407 e. The highest BCUT2D eigenvalue weighted by Gasteiger charge is 2.29. The number of hydrogen-bond donors (Lipinski definition) is 1. The van der Waals surface area contributed by atoms with Crippen molar-refractivity contribution >= 4 is 16.1 Å². The van der Waals surface area contributed by atoms with E-state index in [1.165, 1.54) is 4.31 Å². The second-order valence-electron chi connectivity index (χ2n) is 5.72. The van der Waals surface area contributed by atoms with E-state index in [0.29, 0.717) is 32.5 Å². The maximum absolute atomic E-state index is 12.6. The van der Waals surface area contributed by atoms with Crippen LogP contribution < -0.4 is 5.32 Å². The first-order chi connectivity index (χ1) is 10.9. The van der Waals surface area contributed by atoms with Gasteiger partial charge in [0.25, 0.3) is 0 Å². The Hall–Kier alpha value is -1.60. The number of alkyl carbamates (subject to hydrolysis) is 1. The first kappa shape index (κ1) is 17.7. The lowest BCUT2D eigenvalue weighted by Gasteiger charge is -2.31. The molecule has 0 radical (unpaired) electrons. The van der Waals surface area contributed by atoms with E-state index in [4.69, 9.17) is 4.74 Å². The molecule has 0 aromatic heterocycles. The van der Waals surface area contributed by atoms with Crippen molar-refractivity contribution in [2.45, 2.75) is 38.5 Å². The van der Waals surface area contributed by atoms with Gasteiger partial charge in [0.05, 0.1) is 12.4 Å². The third-order valence-corrected chi connectivity index (χ3v) is 5.87. The number of carbonyl (C=O) groups excluding carboxylic acids is 1. The fourth-order valence-corrected chi connectivity index (χ4v) is 4.34. The zero-order valence-electron chi connectivity index (χ0n) is 13.6. The van der Waals surface area contributed by atoms with E-state index < -0.39 is 16.1 Å². The molecule has 0 atom stereocenters. The van der Waals surface area contributed by atoms with E-state index in [-0.39, 0.29) is 11.8 Å². The molecule has 1 aliphatic rings. The molecule has 1 heterocycles. The van der Waals surface area contributed by atoms with E-state index in [2.05, 4.69) is 5.32 Å². The monoisotopic (exact) mass is 340 g/mol. The van der Waals surface area contributed by atoms with Crippen molar-refractivity contribution in [3.05, 3.63) is 35.4 Å². The van der Waals surface area contributed by atoms with Crippen molar-refractivity contribution in [3.8, 4) is 0 Å². The van der Waals surface area contributed by atoms with Crippen LogP contribution in [0.25, 0.3) is 0 Å². The summed E-state index contributed by atoms with van der Waals surface area (Å²) in [4.78, 5) is 11.4. The SMILES string of the molecule is CCOC(=O)NC1CCN(S(=O)(=O)Cc2ccccc2C)CC1. The number of benzene rings is 1. The molecule has 2 rings (SSSR count). The average molecular weight is 340 g/mol. The summed E-state index contributed by atoms with van der Waals surface area (Å²) in [6.07, 6.45) is 0.770. The maximum atomic E-state index is 12.6. The number of nitrogens with one attached hydrogen (secondary N) is 1. The van der Waals surface area contributed by atoms with Gasteiger partial charge in [-0.25, -0.2) is 17.5 Å². The van der Waals surface area contributed by atoms with Crippen LogP contribution in [0.3, 0.4) is 0 Å². The number of piperidine rings is 1. The second kappa shape index (κ2) is 7.79. The average Bonchev–Trinajstić information content (AvgIpc) is 2.50. The topological polar surface area (TPSA) is 75.7 Å². The highest BCUT2D eigenvalue weighted by Crippen LogP contribution is 2.19. The quantitative estimate of drug-likeness (QED) is 0.890. The van der Waals surface area contributed by atoms with Crippen molar-refractivity contribution < 1.29 is 17.9 Å². The molecule has 128 valence electrons. The summed E-state index contributed by atoms with van der Waals surface area (Å²) in [6.45, 7) is 4.84. The predicted molar refractivity (Wildman–Crippen MR) is 88.6 cm³/mol. The van der Waals surface area contributed by atoms with Gasteiger partial charge in [-0.3, -0.25) is 0 Å². The Bertz CT molecular complexity index is 637. The summed E-state index contributed by atoms with van der Waals surface area (Å²) in [5.41, 5.74) is 1.81. The number of nitrogens with zero attached hydrogens (tertiary/aromatic N) is 1. The van der Waals surface area contributed by atoms with Crippen LogP contribution in [0.15, 0.2) is 24.3 Å². The number of sulfonamides is 1. The molecule has 1 N–H and O–H groups in total. The lowest BCUT2D eigenvalue weighted by molar-refractivity contribution is 0.143. The first-order valence-electron chi connectivity index (χ1n) is 7.88. The lowest BCUT2D eigenvalue weighted by atomic mass is 10.1. The van der Waals surface area contributed by atoms with Gasteiger partial charge in [0.15, 0.2) is 0 Å². The molecule has 7 heteroatoms. The van der Waals surface area contributed by atoms with Gasteiger partial charge < -0.3 is 10.1 Å². The third kappa shape index (κ3) is 4.94. The molecule has 1 aromatic rings. The molecule has 23 heavy (non-hydrogen) atoms. The molecule has 6 nitrogen and oxygen atoms in total. The fourth-order valence-electron chi connectivity index (χ4n) is 2.68. The summed E-state index contributed by atoms with van der Waals surface area (Å²) in [7, 11) is -3.33. The number of amides is 1. The lowest BCUT2D eigenvalue weighted by Crippen LogP contribution is -2.46. The van der Waals surface area contributed by atoms with Gasteiger partial charge in [-0.2, -0.15) is 0 Å². The molecule has 1 fully saturated rings. The fraction of sp³-hybridized carbons (Fsp3) is 0.562. The Morgan fingerprint density at radius 1 is 1.30 bits per heavy atom. The van der Waals surface area contributed by atoms with Crippen LogP contribution in [0, 0.1) is 6.92 Å². The van der Waals surface area contributed by atoms with Gasteiger partial charge in [-0.15, -0.1) is 0 Å². The minimum Gasteiger partial charge on any atom is -0.450 e. The minimum atomic E-state index is -3.33. The van der Waals surface area contributed by atoms with Crippen molar-refractivity contribution in [2.24, 2.45) is 0 Å². The molecule has 1 aliphatic heterocycles. The summed E-state index contributed by atoms with van der Waals surface area (Å²) < 4.78 is 31.5. The summed E-state index contributed by atoms with van der Waals surface area (Å²) in [6, 6.07) is 7.49. The van der Waals surface area contributed by atoms with Crippen LogP contribution in [-0.2, 0) is 20.5 Å². The van der Waals surface area contributed by atoms with E-state index >= 15 is 0 Å². The molecule has 0 saturated carbocycles. The largest absolute Gasteiger partial charge is 0.450 e. The molecule has 0 spiro atoms. The molecule has 0 bridgehead atoms. The number of ether oxygens (including phenoxy) is 1. The molecule has 1 saturated heterocycles. The number of aryl methyl sites for hydroxylation is 1. The van der Waals surface area contributed by atoms with E-state index in [9.17, 15) is 13.2 Å². The highest BCUT2D eigenvalue weighted by atomic mass is 32.2. The Balaban J connectivity index is 1.91. The molecule has 1 aromatic carbocycles. The van der Waals surface area contributed by atoms with Crippen LogP contribution >= 0.6 is 0 Å². The summed E-state index contributed by atoms with van der Waals surface area (Å²) in [5, 5.41) is 2.77. The Morgan fingerprint density at radius 3 is 2.57 bits per heavy atom. The summed E-state index contributed by atoms with van der Waals surface area (Å²) in [5.74, 6) is 0.0235. The van der Waals surface area contributed by atoms with Crippen LogP contribution in [0.4, 0.5) is 4.79 Å². The van der Waals surface area contributed by atoms with Gasteiger partial charge in [-0.05, 0) is 37.8 Å². The van der Waals surface area contributed by atoms with Crippen LogP contribution in [0.1, 0.15) is 30.9 Å². The number of carbonyl (C=O) groups is 1. The summed E-state index contributed by atoms with van der Waals surface area (Å²) >= 11 is 0. The Labute approximate surface area is 137 Å². The van der Waals surface area contributed by atoms with Gasteiger partial charge in [-0.1, -0.05) is 24.3 Å². The van der Waals surface area contributed by atoms with Crippen LogP contribution in [0.5, 0.6) is 0 Å². The molecule has 0 unspecified atom stereocenters. The Morgan fingerprint density at radius 2 is 1.96 bits per heavy atom. The third-order valence-electron chi connectivity index (χ3n) is 4.04. The molecular formula is C16H24N2O4S.